The van der Waals surface area contributed by atoms with E-state index in [2.05, 4.69) is 4.98 Å². The van der Waals surface area contributed by atoms with E-state index < -0.39 is 0 Å². The van der Waals surface area contributed by atoms with Crippen LogP contribution in [0.3, 0.4) is 0 Å². The van der Waals surface area contributed by atoms with Crippen molar-refractivity contribution in [2.45, 2.75) is 6.92 Å². The van der Waals surface area contributed by atoms with Crippen LogP contribution in [0.15, 0.2) is 30.5 Å². The van der Waals surface area contributed by atoms with Gasteiger partial charge in [-0.2, -0.15) is 0 Å². The Bertz CT molecular complexity index is 401. The molecule has 3 nitrogen and oxygen atoms in total. The maximum Gasteiger partial charge on any atom is 0.418 e. The van der Waals surface area contributed by atoms with Crippen LogP contribution in [0.4, 0.5) is 5.69 Å². The first kappa shape index (κ1) is 7.86. The number of rotatable bonds is 1. The minimum Gasteiger partial charge on any atom is -0.255 e. The maximum atomic E-state index is 11.2. The van der Waals surface area contributed by atoms with E-state index in [-0.39, 0.29) is 5.91 Å². The van der Waals surface area contributed by atoms with Crippen LogP contribution in [0.5, 0.6) is 0 Å². The molecule has 0 saturated heterocycles. The Balaban J connectivity index is 2.38. The Kier molecular flexibility index (Phi) is 1.77. The van der Waals surface area contributed by atoms with Crippen LogP contribution in [-0.4, -0.2) is 21.7 Å². The van der Waals surface area contributed by atoms with Crippen molar-refractivity contribution in [3.8, 4) is 0 Å². The summed E-state index contributed by atoms with van der Waals surface area (Å²) in [6.45, 7) is 1.91. The lowest BCUT2D eigenvalue weighted by molar-refractivity contribution is -0.353. The second-order valence-corrected chi connectivity index (χ2v) is 2.87. The second-order valence-electron chi connectivity index (χ2n) is 2.87. The number of carbonyl (C=O) groups is 1. The molecule has 0 fully saturated rings. The number of aromatic nitrogens is 1. The van der Waals surface area contributed by atoms with E-state index in [0.717, 1.165) is 11.4 Å². The molecule has 1 aliphatic heterocycles. The summed E-state index contributed by atoms with van der Waals surface area (Å²) < 4.78 is 1.56. The van der Waals surface area contributed by atoms with Gasteiger partial charge >= 0.3 is 5.91 Å². The lowest BCUT2D eigenvalue weighted by Gasteiger charge is -1.94. The Hall–Kier alpha value is -1.77. The summed E-state index contributed by atoms with van der Waals surface area (Å²) >= 11 is 0. The molecule has 0 spiro atoms. The van der Waals surface area contributed by atoms with E-state index in [1.165, 1.54) is 6.08 Å². The first-order chi connectivity index (χ1) is 6.27. The molecule has 2 rings (SSSR count). The minimum absolute atomic E-state index is 0.0225. The zero-order valence-electron chi connectivity index (χ0n) is 7.27. The van der Waals surface area contributed by atoms with E-state index in [1.807, 2.05) is 19.1 Å². The molecule has 1 aromatic heterocycles. The summed E-state index contributed by atoms with van der Waals surface area (Å²) in [5, 5.41) is 0. The number of hydrogen-bond donors (Lipinski definition) is 0. The van der Waals surface area contributed by atoms with Crippen molar-refractivity contribution in [3.63, 3.8) is 0 Å². The van der Waals surface area contributed by atoms with Crippen LogP contribution >= 0.6 is 0 Å². The first-order valence-corrected chi connectivity index (χ1v) is 4.05. The number of pyridine rings is 1. The van der Waals surface area contributed by atoms with Crippen molar-refractivity contribution >= 4 is 17.8 Å². The third-order valence-electron chi connectivity index (χ3n) is 1.89. The van der Waals surface area contributed by atoms with Gasteiger partial charge in [-0.3, -0.25) is 4.98 Å². The monoisotopic (exact) mass is 173 g/mol. The van der Waals surface area contributed by atoms with Crippen molar-refractivity contribution in [2.24, 2.45) is 0 Å². The van der Waals surface area contributed by atoms with Gasteiger partial charge in [0.2, 0.25) is 5.69 Å². The molecule has 0 saturated carbocycles. The third-order valence-corrected chi connectivity index (χ3v) is 1.89. The third kappa shape index (κ3) is 1.40. The molecule has 0 radical (unpaired) electrons. The molecule has 0 bridgehead atoms. The van der Waals surface area contributed by atoms with E-state index in [9.17, 15) is 4.79 Å². The Labute approximate surface area is 76.0 Å². The van der Waals surface area contributed by atoms with Crippen LogP contribution in [-0.2, 0) is 4.79 Å². The van der Waals surface area contributed by atoms with Gasteiger partial charge in [-0.15, -0.1) is 4.58 Å². The van der Waals surface area contributed by atoms with Gasteiger partial charge in [0, 0.05) is 17.8 Å². The van der Waals surface area contributed by atoms with Crippen LogP contribution in [0, 0.1) is 6.92 Å². The lowest BCUT2D eigenvalue weighted by Crippen LogP contribution is -2.09. The molecule has 0 aliphatic carbocycles. The van der Waals surface area contributed by atoms with E-state index >= 15 is 0 Å². The number of aryl methyl sites for hydroxylation is 1. The predicted molar refractivity (Wildman–Crippen MR) is 49.1 cm³/mol. The molecule has 1 aliphatic rings. The number of carbonyl (C=O) groups excluding carboxylic acids is 1. The molecule has 64 valence electrons. The van der Waals surface area contributed by atoms with Crippen LogP contribution < -0.4 is 0 Å². The smallest absolute Gasteiger partial charge is 0.255 e. The Morgan fingerprint density at radius 3 is 2.77 bits per heavy atom. The SMILES string of the molecule is Cc1ccc([N+]2=CC=CC2=O)cn1. The number of hydrogen-bond acceptors (Lipinski definition) is 2. The summed E-state index contributed by atoms with van der Waals surface area (Å²) in [5.74, 6) is -0.0225. The normalized spacial score (nSPS) is 14.8. The van der Waals surface area contributed by atoms with Gasteiger partial charge in [-0.25, -0.2) is 4.79 Å². The fraction of sp³-hybridized carbons (Fsp3) is 0.100. The largest absolute Gasteiger partial charge is 0.418 e. The quantitative estimate of drug-likeness (QED) is 0.598. The Morgan fingerprint density at radius 2 is 2.23 bits per heavy atom. The Morgan fingerprint density at radius 1 is 1.38 bits per heavy atom. The first-order valence-electron chi connectivity index (χ1n) is 4.05. The summed E-state index contributed by atoms with van der Waals surface area (Å²) in [6, 6.07) is 3.76. The highest BCUT2D eigenvalue weighted by Crippen LogP contribution is 2.12. The molecule has 0 unspecified atom stereocenters. The lowest BCUT2D eigenvalue weighted by atomic mass is 10.3. The predicted octanol–water partition coefficient (Wildman–Crippen LogP) is 1.20. The molecule has 2 heterocycles. The standard InChI is InChI=1S/C10H9N2O/c1-8-4-5-9(7-11-8)12-6-2-3-10(12)13/h2-7H,1H3/q+1. The van der Waals surface area contributed by atoms with Crippen LogP contribution in [0.1, 0.15) is 5.69 Å². The van der Waals surface area contributed by atoms with Crippen LogP contribution in [0.2, 0.25) is 0 Å². The van der Waals surface area contributed by atoms with Crippen molar-refractivity contribution in [1.82, 2.24) is 4.98 Å². The summed E-state index contributed by atoms with van der Waals surface area (Å²) in [5.41, 5.74) is 1.75. The van der Waals surface area contributed by atoms with Crippen molar-refractivity contribution in [1.29, 1.82) is 0 Å². The molecular formula is C10H9N2O+. The van der Waals surface area contributed by atoms with E-state index in [1.54, 1.807) is 23.1 Å². The van der Waals surface area contributed by atoms with Gasteiger partial charge in [-0.1, -0.05) is 0 Å². The molecule has 0 atom stereocenters. The summed E-state index contributed by atoms with van der Waals surface area (Å²) in [4.78, 5) is 15.4. The molecule has 13 heavy (non-hydrogen) atoms. The van der Waals surface area contributed by atoms with Gasteiger partial charge in [0.05, 0.1) is 12.3 Å². The minimum atomic E-state index is -0.0225. The number of allylic oxidation sites excluding steroid dienone is 1. The van der Waals surface area contributed by atoms with Gasteiger partial charge in [0.1, 0.15) is 0 Å². The van der Waals surface area contributed by atoms with E-state index in [4.69, 9.17) is 0 Å². The summed E-state index contributed by atoms with van der Waals surface area (Å²) in [6.07, 6.45) is 6.67. The van der Waals surface area contributed by atoms with Crippen molar-refractivity contribution in [2.75, 3.05) is 0 Å². The van der Waals surface area contributed by atoms with E-state index in [0.29, 0.717) is 0 Å². The highest BCUT2D eigenvalue weighted by Gasteiger charge is 2.20. The number of nitrogens with zero attached hydrogens (tertiary/aromatic N) is 2. The molecule has 1 amide bonds. The van der Waals surface area contributed by atoms with Crippen LogP contribution in [0.25, 0.3) is 0 Å². The zero-order valence-corrected chi connectivity index (χ0v) is 7.27. The fourth-order valence-electron chi connectivity index (χ4n) is 1.18. The fourth-order valence-corrected chi connectivity index (χ4v) is 1.18. The average Bonchev–Trinajstić information content (AvgIpc) is 2.53. The maximum absolute atomic E-state index is 11.2. The molecule has 1 aromatic rings. The highest BCUT2D eigenvalue weighted by molar-refractivity contribution is 5.95. The average molecular weight is 173 g/mol. The molecular weight excluding hydrogens is 164 g/mol. The van der Waals surface area contributed by atoms with Gasteiger partial charge in [0.25, 0.3) is 0 Å². The molecule has 0 N–H and O–H groups in total. The van der Waals surface area contributed by atoms with Crippen molar-refractivity contribution < 1.29 is 9.37 Å². The van der Waals surface area contributed by atoms with Crippen molar-refractivity contribution in [3.05, 3.63) is 36.2 Å². The van der Waals surface area contributed by atoms with Gasteiger partial charge in [0.15, 0.2) is 6.21 Å². The molecule has 3 heteroatoms. The van der Waals surface area contributed by atoms with Gasteiger partial charge in [-0.05, 0) is 13.0 Å². The topological polar surface area (TPSA) is 33.0 Å². The second kappa shape index (κ2) is 2.94. The number of amides is 1. The highest BCUT2D eigenvalue weighted by atomic mass is 16.2. The summed E-state index contributed by atoms with van der Waals surface area (Å²) in [7, 11) is 0. The zero-order chi connectivity index (χ0) is 9.26. The van der Waals surface area contributed by atoms with Gasteiger partial charge < -0.3 is 0 Å². The molecule has 0 aromatic carbocycles.